The molecule has 19 heavy (non-hydrogen) atoms. The average Bonchev–Trinajstić information content (AvgIpc) is 2.79. The molecular weight excluding hydrogens is 264 g/mol. The maximum Gasteiger partial charge on any atom is 0.265 e. The molecule has 0 bridgehead atoms. The third-order valence-electron chi connectivity index (χ3n) is 3.09. The van der Waals surface area contributed by atoms with E-state index < -0.39 is 0 Å². The van der Waals surface area contributed by atoms with Gasteiger partial charge in [0, 0.05) is 32.2 Å². The van der Waals surface area contributed by atoms with E-state index in [1.165, 1.54) is 11.3 Å². The van der Waals surface area contributed by atoms with E-state index in [9.17, 15) is 4.79 Å². The van der Waals surface area contributed by atoms with E-state index in [0.717, 1.165) is 31.1 Å². The van der Waals surface area contributed by atoms with Gasteiger partial charge in [0.1, 0.15) is 10.7 Å². The second kappa shape index (κ2) is 6.18. The predicted octanol–water partition coefficient (Wildman–Crippen LogP) is -0.659. The minimum Gasteiger partial charge on any atom is -0.382 e. The lowest BCUT2D eigenvalue weighted by Gasteiger charge is -2.29. The van der Waals surface area contributed by atoms with Crippen LogP contribution in [0, 0.1) is 0 Å². The van der Waals surface area contributed by atoms with Gasteiger partial charge in [-0.1, -0.05) is 11.3 Å². The molecule has 0 radical (unpaired) electrons. The molecule has 1 aromatic rings. The smallest absolute Gasteiger partial charge is 0.265 e. The van der Waals surface area contributed by atoms with Crippen molar-refractivity contribution in [1.82, 2.24) is 10.3 Å². The number of nitrogens with one attached hydrogen (secondary N) is 1. The number of rotatable bonds is 4. The molecule has 0 aliphatic carbocycles. The number of aromatic nitrogens is 1. The quantitative estimate of drug-likeness (QED) is 0.582. The molecule has 8 heteroatoms. The molecule has 2 heterocycles. The summed E-state index contributed by atoms with van der Waals surface area (Å²) in [6, 6.07) is 0.265. The van der Waals surface area contributed by atoms with Crippen molar-refractivity contribution in [2.45, 2.75) is 18.9 Å². The fraction of sp³-hybridized carbons (Fsp3) is 0.636. The number of nitrogens with zero attached hydrogens (tertiary/aromatic N) is 2. The SMILES string of the molecule is NCCNC(=O)c1sc(N2CCC(N)CC2)nc1N. The number of piperidine rings is 1. The number of hydrogen-bond donors (Lipinski definition) is 4. The van der Waals surface area contributed by atoms with E-state index in [1.807, 2.05) is 0 Å². The van der Waals surface area contributed by atoms with Crippen molar-refractivity contribution in [2.75, 3.05) is 36.8 Å². The Kier molecular flexibility index (Phi) is 4.56. The van der Waals surface area contributed by atoms with Gasteiger partial charge < -0.3 is 27.4 Å². The van der Waals surface area contributed by atoms with Gasteiger partial charge >= 0.3 is 0 Å². The van der Waals surface area contributed by atoms with Crippen LogP contribution in [0.15, 0.2) is 0 Å². The van der Waals surface area contributed by atoms with Gasteiger partial charge in [-0.05, 0) is 12.8 Å². The van der Waals surface area contributed by atoms with Crippen molar-refractivity contribution in [3.8, 4) is 0 Å². The van der Waals surface area contributed by atoms with E-state index in [2.05, 4.69) is 15.2 Å². The Bertz CT molecular complexity index is 440. The van der Waals surface area contributed by atoms with Gasteiger partial charge in [-0.2, -0.15) is 0 Å². The Morgan fingerprint density at radius 3 is 2.79 bits per heavy atom. The fourth-order valence-electron chi connectivity index (χ4n) is 1.97. The van der Waals surface area contributed by atoms with Crippen LogP contribution in [0.3, 0.4) is 0 Å². The highest BCUT2D eigenvalue weighted by Crippen LogP contribution is 2.29. The number of thiazole rings is 1. The first-order chi connectivity index (χ1) is 9.11. The van der Waals surface area contributed by atoms with Crippen molar-refractivity contribution < 1.29 is 4.79 Å². The number of carbonyl (C=O) groups excluding carboxylic acids is 1. The molecule has 106 valence electrons. The second-order valence-corrected chi connectivity index (χ2v) is 5.56. The lowest BCUT2D eigenvalue weighted by molar-refractivity contribution is 0.0959. The molecule has 7 N–H and O–H groups in total. The molecule has 1 aliphatic rings. The molecule has 0 aromatic carbocycles. The molecular formula is C11H20N6OS. The Balaban J connectivity index is 2.05. The van der Waals surface area contributed by atoms with Gasteiger partial charge in [-0.3, -0.25) is 4.79 Å². The maximum absolute atomic E-state index is 11.9. The van der Waals surface area contributed by atoms with Crippen molar-refractivity contribution >= 4 is 28.2 Å². The number of carbonyl (C=O) groups is 1. The first-order valence-corrected chi connectivity index (χ1v) is 7.18. The number of nitrogen functional groups attached to an aromatic ring is 1. The zero-order valence-corrected chi connectivity index (χ0v) is 11.6. The van der Waals surface area contributed by atoms with E-state index in [4.69, 9.17) is 17.2 Å². The highest BCUT2D eigenvalue weighted by atomic mass is 32.1. The molecule has 0 spiro atoms. The van der Waals surface area contributed by atoms with E-state index in [1.54, 1.807) is 0 Å². The topological polar surface area (TPSA) is 123 Å². The van der Waals surface area contributed by atoms with Crippen LogP contribution in [0.5, 0.6) is 0 Å². The van der Waals surface area contributed by atoms with E-state index in [0.29, 0.717) is 18.0 Å². The fourth-order valence-corrected chi connectivity index (χ4v) is 2.93. The van der Waals surface area contributed by atoms with Gasteiger partial charge in [-0.15, -0.1) is 0 Å². The van der Waals surface area contributed by atoms with Gasteiger partial charge in [0.2, 0.25) is 0 Å². The summed E-state index contributed by atoms with van der Waals surface area (Å²) in [5.74, 6) is 0.0739. The molecule has 2 rings (SSSR count). The largest absolute Gasteiger partial charge is 0.382 e. The summed E-state index contributed by atoms with van der Waals surface area (Å²) in [6.07, 6.45) is 1.88. The molecule has 1 fully saturated rings. The normalized spacial score (nSPS) is 16.6. The van der Waals surface area contributed by atoms with Crippen LogP contribution in [0.1, 0.15) is 22.5 Å². The van der Waals surface area contributed by atoms with Crippen LogP contribution >= 0.6 is 11.3 Å². The third kappa shape index (κ3) is 3.34. The van der Waals surface area contributed by atoms with Gasteiger partial charge in [0.15, 0.2) is 5.13 Å². The van der Waals surface area contributed by atoms with Crippen molar-refractivity contribution in [3.63, 3.8) is 0 Å². The van der Waals surface area contributed by atoms with Crippen LogP contribution in [-0.2, 0) is 0 Å². The van der Waals surface area contributed by atoms with Crippen LogP contribution in [0.25, 0.3) is 0 Å². The zero-order chi connectivity index (χ0) is 13.8. The van der Waals surface area contributed by atoms with Crippen LogP contribution < -0.4 is 27.4 Å². The summed E-state index contributed by atoms with van der Waals surface area (Å²) < 4.78 is 0. The Morgan fingerprint density at radius 1 is 1.47 bits per heavy atom. The summed E-state index contributed by atoms with van der Waals surface area (Å²) in [6.45, 7) is 2.56. The van der Waals surface area contributed by atoms with E-state index in [-0.39, 0.29) is 17.8 Å². The monoisotopic (exact) mass is 284 g/mol. The maximum atomic E-state index is 11.9. The zero-order valence-electron chi connectivity index (χ0n) is 10.8. The Labute approximate surface area is 116 Å². The first kappa shape index (κ1) is 14.0. The highest BCUT2D eigenvalue weighted by molar-refractivity contribution is 7.18. The number of nitrogens with two attached hydrogens (primary N) is 3. The second-order valence-electron chi connectivity index (χ2n) is 4.58. The molecule has 1 amide bonds. The number of anilines is 2. The third-order valence-corrected chi connectivity index (χ3v) is 4.22. The first-order valence-electron chi connectivity index (χ1n) is 6.37. The van der Waals surface area contributed by atoms with Crippen LogP contribution in [0.2, 0.25) is 0 Å². The Hall–Kier alpha value is -1.38. The van der Waals surface area contributed by atoms with Gasteiger partial charge in [0.05, 0.1) is 0 Å². The summed E-state index contributed by atoms with van der Waals surface area (Å²) in [7, 11) is 0. The Morgan fingerprint density at radius 2 is 2.16 bits per heavy atom. The molecule has 0 atom stereocenters. The minimum absolute atomic E-state index is 0.208. The van der Waals surface area contributed by atoms with Crippen LogP contribution in [-0.4, -0.2) is 43.1 Å². The molecule has 1 saturated heterocycles. The molecule has 1 aliphatic heterocycles. The van der Waals surface area contributed by atoms with Gasteiger partial charge in [-0.25, -0.2) is 4.98 Å². The summed E-state index contributed by atoms with van der Waals surface area (Å²) in [5, 5.41) is 3.49. The number of amides is 1. The number of hydrogen-bond acceptors (Lipinski definition) is 7. The van der Waals surface area contributed by atoms with Crippen molar-refractivity contribution in [1.29, 1.82) is 0 Å². The van der Waals surface area contributed by atoms with Gasteiger partial charge in [0.25, 0.3) is 5.91 Å². The van der Waals surface area contributed by atoms with Crippen LogP contribution in [0.4, 0.5) is 10.9 Å². The standard InChI is InChI=1S/C11H20N6OS/c12-3-4-15-10(18)8-9(14)16-11(19-8)17-5-1-7(13)2-6-17/h7H,1-6,12-14H2,(H,15,18). The summed E-state index contributed by atoms with van der Waals surface area (Å²) in [4.78, 5) is 18.7. The van der Waals surface area contributed by atoms with E-state index >= 15 is 0 Å². The lowest BCUT2D eigenvalue weighted by atomic mass is 10.1. The summed E-state index contributed by atoms with van der Waals surface area (Å²) in [5.41, 5.74) is 17.0. The molecule has 0 saturated carbocycles. The summed E-state index contributed by atoms with van der Waals surface area (Å²) >= 11 is 1.32. The highest BCUT2D eigenvalue weighted by Gasteiger charge is 2.22. The predicted molar refractivity (Wildman–Crippen MR) is 77.3 cm³/mol. The molecule has 1 aromatic heterocycles. The molecule has 0 unspecified atom stereocenters. The average molecular weight is 284 g/mol. The minimum atomic E-state index is -0.208. The molecule has 7 nitrogen and oxygen atoms in total. The lowest BCUT2D eigenvalue weighted by Crippen LogP contribution is -2.39. The van der Waals surface area contributed by atoms with Crippen molar-refractivity contribution in [3.05, 3.63) is 4.88 Å². The van der Waals surface area contributed by atoms with Crippen molar-refractivity contribution in [2.24, 2.45) is 11.5 Å².